The van der Waals surface area contributed by atoms with Crippen molar-refractivity contribution in [1.29, 1.82) is 0 Å². The van der Waals surface area contributed by atoms with Crippen LogP contribution < -0.4 is 8.75 Å². The van der Waals surface area contributed by atoms with Crippen molar-refractivity contribution in [1.82, 2.24) is 0 Å². The van der Waals surface area contributed by atoms with Crippen molar-refractivity contribution in [3.05, 3.63) is 134 Å². The third-order valence-electron chi connectivity index (χ3n) is 12.7. The van der Waals surface area contributed by atoms with Gasteiger partial charge in [-0.15, -0.1) is 0 Å². The van der Waals surface area contributed by atoms with Gasteiger partial charge in [-0.05, 0) is 0 Å². The Morgan fingerprint density at radius 1 is 0.673 bits per heavy atom. The second-order valence-corrected chi connectivity index (χ2v) is 37.5. The van der Waals surface area contributed by atoms with Gasteiger partial charge in [-0.3, -0.25) is 0 Å². The van der Waals surface area contributed by atoms with E-state index in [4.69, 9.17) is 3.76 Å². The van der Waals surface area contributed by atoms with Crippen molar-refractivity contribution >= 4 is 42.6 Å². The van der Waals surface area contributed by atoms with Crippen molar-refractivity contribution in [2.45, 2.75) is 166 Å². The Morgan fingerprint density at radius 2 is 1.16 bits per heavy atom. The van der Waals surface area contributed by atoms with Crippen LogP contribution in [0.3, 0.4) is 0 Å². The average Bonchev–Trinajstić information content (AvgIpc) is 3.41. The summed E-state index contributed by atoms with van der Waals surface area (Å²) in [5, 5.41) is 0. The van der Waals surface area contributed by atoms with Gasteiger partial charge in [0.05, 0.1) is 0 Å². The van der Waals surface area contributed by atoms with E-state index in [1.54, 1.807) is 31.0 Å². The Balaban J connectivity index is 1.90. The fourth-order valence-corrected chi connectivity index (χ4v) is 44.1. The fraction of sp³-hybridized carbons (Fsp3) is 0.500. The minimum absolute atomic E-state index is 0.000584. The zero-order valence-corrected chi connectivity index (χ0v) is 41.4. The fourth-order valence-electron chi connectivity index (χ4n) is 9.52. The maximum atomic E-state index is 8.65. The molecule has 55 heavy (non-hydrogen) atoms. The molecule has 0 amide bonds. The van der Waals surface area contributed by atoms with Crippen LogP contribution in [0.4, 0.5) is 0 Å². The van der Waals surface area contributed by atoms with Crippen molar-refractivity contribution in [3.8, 4) is 0 Å². The third-order valence-corrected chi connectivity index (χ3v) is 36.5. The molecule has 0 bridgehead atoms. The molecule has 0 radical (unpaired) electrons. The second-order valence-electron chi connectivity index (χ2n) is 21.4. The number of hydrogen-bond donors (Lipinski definition) is 0. The molecule has 0 N–H and O–H groups in total. The number of hydrogen-bond acceptors (Lipinski definition) is 1. The molecule has 4 aromatic rings. The molecule has 0 aromatic heterocycles. The van der Waals surface area contributed by atoms with Gasteiger partial charge in [0.25, 0.3) is 0 Å². The molecule has 6 rings (SSSR count). The zero-order valence-electron chi connectivity index (χ0n) is 37.5. The maximum absolute atomic E-state index is 8.65. The summed E-state index contributed by atoms with van der Waals surface area (Å²) >= 11 is -5.95. The van der Waals surface area contributed by atoms with Crippen LogP contribution in [0.15, 0.2) is 89.5 Å². The monoisotopic (exact) mass is 860 g/mol. The van der Waals surface area contributed by atoms with E-state index in [1.165, 1.54) is 38.8 Å². The van der Waals surface area contributed by atoms with Gasteiger partial charge in [-0.25, -0.2) is 0 Å². The molecule has 3 unspecified atom stereocenters. The van der Waals surface area contributed by atoms with Crippen LogP contribution in [-0.4, -0.2) is 28.3 Å². The molecule has 0 spiro atoms. The molecule has 4 aromatic carbocycles. The Hall–Kier alpha value is -2.48. The second kappa shape index (κ2) is 14.7. The molecule has 3 atom stereocenters. The van der Waals surface area contributed by atoms with E-state index in [0.717, 1.165) is 0 Å². The molecule has 1 fully saturated rings. The summed E-state index contributed by atoms with van der Waals surface area (Å²) in [7, 11) is 0. The van der Waals surface area contributed by atoms with Crippen LogP contribution in [0.25, 0.3) is 5.57 Å². The summed E-state index contributed by atoms with van der Waals surface area (Å²) in [6.45, 7) is 42.0. The van der Waals surface area contributed by atoms with E-state index >= 15 is 0 Å². The summed E-state index contributed by atoms with van der Waals surface area (Å²) in [5.74, 6) is 1.28. The summed E-state index contributed by atoms with van der Waals surface area (Å²) < 4.78 is 13.9. The first-order valence-electron chi connectivity index (χ1n) is 21.1. The van der Waals surface area contributed by atoms with Gasteiger partial charge in [-0.2, -0.15) is 0 Å². The van der Waals surface area contributed by atoms with E-state index in [0.29, 0.717) is 21.3 Å². The average molecular weight is 860 g/mol. The first-order valence-corrected chi connectivity index (χ1v) is 28.3. The normalized spacial score (nSPS) is 21.2. The van der Waals surface area contributed by atoms with E-state index in [2.05, 4.69) is 203 Å². The van der Waals surface area contributed by atoms with E-state index in [9.17, 15) is 0 Å². The van der Waals surface area contributed by atoms with Crippen LogP contribution in [0.5, 0.6) is 0 Å². The van der Waals surface area contributed by atoms with Gasteiger partial charge >= 0.3 is 346 Å². The molecule has 1 nitrogen and oxygen atoms in total. The standard InChI is InChI=1S/C52H71AsGeO/c1-33(2)38-28-40(34(3)4)47(41(29-38)35(5)6)54(51(13,14)15)44-32-52(16,17)43-31-39(49(7,8)9)30-42(50(10,11)12)46(43)53(44)48(55-54)45(36-24-20-18-21-25-36)37-26-22-19-23-27-37/h18-31,33-35,44H,32H2,1-17H3. The first-order chi connectivity index (χ1) is 25.4. The van der Waals surface area contributed by atoms with Crippen LogP contribution in [0.2, 0.25) is 7.79 Å². The van der Waals surface area contributed by atoms with Crippen molar-refractivity contribution in [2.24, 2.45) is 0 Å². The summed E-state index contributed by atoms with van der Waals surface area (Å²) in [5.41, 5.74) is 13.1. The Bertz CT molecular complexity index is 1980. The minimum atomic E-state index is -3.75. The molecule has 0 aliphatic carbocycles. The summed E-state index contributed by atoms with van der Waals surface area (Å²) in [6, 6.07) is 33.1. The molecule has 2 aliphatic heterocycles. The van der Waals surface area contributed by atoms with Gasteiger partial charge in [0.1, 0.15) is 0 Å². The zero-order chi connectivity index (χ0) is 40.6. The number of fused-ring (bicyclic) bond motifs is 3. The number of rotatable bonds is 6. The van der Waals surface area contributed by atoms with Gasteiger partial charge in [0.2, 0.25) is 0 Å². The molecule has 2 aliphatic rings. The van der Waals surface area contributed by atoms with E-state index in [1.807, 2.05) is 0 Å². The van der Waals surface area contributed by atoms with Gasteiger partial charge in [0.15, 0.2) is 0 Å². The molecule has 0 saturated carbocycles. The Morgan fingerprint density at radius 3 is 1.56 bits per heavy atom. The quantitative estimate of drug-likeness (QED) is 0.176. The van der Waals surface area contributed by atoms with Gasteiger partial charge in [-0.1, -0.05) is 0 Å². The van der Waals surface area contributed by atoms with Crippen LogP contribution >= 0.6 is 0 Å². The summed E-state index contributed by atoms with van der Waals surface area (Å²) in [6.07, 6.45) is 1.18. The van der Waals surface area contributed by atoms with Crippen molar-refractivity contribution in [3.63, 3.8) is 0 Å². The van der Waals surface area contributed by atoms with Crippen LogP contribution in [-0.2, 0) is 20.0 Å². The first kappa shape index (κ1) is 42.1. The van der Waals surface area contributed by atoms with Crippen molar-refractivity contribution in [2.75, 3.05) is 0 Å². The predicted molar refractivity (Wildman–Crippen MR) is 244 cm³/mol. The van der Waals surface area contributed by atoms with E-state index < -0.39 is 28.3 Å². The Labute approximate surface area is 344 Å². The molecular formula is C52H71AsGeO. The van der Waals surface area contributed by atoms with Gasteiger partial charge in [0, 0.05) is 0 Å². The summed E-state index contributed by atoms with van der Waals surface area (Å²) in [4.78, 5) is 0. The molecule has 294 valence electrons. The van der Waals surface area contributed by atoms with Crippen LogP contribution in [0, 0.1) is 0 Å². The SMILES string of the molecule is CC(C)c1cc(C(C)C)[c]([Ge]2([C](C)(C)C)[O]C(=C(c3ccccc3)c3ccccc3)[As]3c4c(C(C)(C)C)cc(C(C)(C)C)cc4C(C)(C)C[CH]32)c(C(C)C)c1. The Kier molecular flexibility index (Phi) is 11.3. The van der Waals surface area contributed by atoms with Crippen molar-refractivity contribution < 1.29 is 3.76 Å². The molecule has 3 heteroatoms. The number of benzene rings is 4. The van der Waals surface area contributed by atoms with Gasteiger partial charge < -0.3 is 0 Å². The van der Waals surface area contributed by atoms with Crippen LogP contribution in [0.1, 0.15) is 186 Å². The van der Waals surface area contributed by atoms with E-state index in [-0.39, 0.29) is 20.5 Å². The third kappa shape index (κ3) is 7.42. The molecule has 2 heterocycles. The topological polar surface area (TPSA) is 9.23 Å². The molecule has 1 saturated heterocycles. The predicted octanol–water partition coefficient (Wildman–Crippen LogP) is 13.6. The molecular weight excluding hydrogens is 788 g/mol.